The van der Waals surface area contributed by atoms with Gasteiger partial charge < -0.3 is 9.47 Å². The van der Waals surface area contributed by atoms with Gasteiger partial charge in [0.05, 0.1) is 11.6 Å². The first-order valence-electron chi connectivity index (χ1n) is 13.9. The zero-order valence-electron chi connectivity index (χ0n) is 21.4. The standard InChI is InChI=1S/C36H30N2/c1-3-11-27(12-4-1)37-33-17-9-7-15-29(33)31-23-25(19-21-35(31)37)26-20-22-36-32(24-26)30-16-8-10-18-34(30)38(36)28-13-5-2-6-14-28/h1,3-5,7-9,11-17,19-24,29,33H,2,6,10,18H2. The van der Waals surface area contributed by atoms with E-state index in [9.17, 15) is 0 Å². The highest BCUT2D eigenvalue weighted by Crippen LogP contribution is 2.49. The SMILES string of the molecule is C1=CC2c3cc(-c4ccc5c(c4)c4c(n5C5=CCCC=C5)CCC=C4)ccc3N(c3ccccc3)C2C=C1. The molecule has 0 amide bonds. The van der Waals surface area contributed by atoms with Gasteiger partial charge in [-0.3, -0.25) is 0 Å². The summed E-state index contributed by atoms with van der Waals surface area (Å²) in [5.41, 5.74) is 12.0. The van der Waals surface area contributed by atoms with Crippen molar-refractivity contribution in [2.45, 2.75) is 37.6 Å². The van der Waals surface area contributed by atoms with E-state index < -0.39 is 0 Å². The number of benzene rings is 3. The van der Waals surface area contributed by atoms with Gasteiger partial charge in [0.15, 0.2) is 0 Å². The molecule has 1 aliphatic heterocycles. The molecule has 2 heteroatoms. The van der Waals surface area contributed by atoms with E-state index in [4.69, 9.17) is 0 Å². The Morgan fingerprint density at radius 2 is 1.58 bits per heavy atom. The summed E-state index contributed by atoms with van der Waals surface area (Å²) in [5.74, 6) is 0.362. The number of para-hydroxylation sites is 1. The Balaban J connectivity index is 1.26. The van der Waals surface area contributed by atoms with Crippen LogP contribution in [0.4, 0.5) is 11.4 Å². The van der Waals surface area contributed by atoms with Gasteiger partial charge in [0.2, 0.25) is 0 Å². The van der Waals surface area contributed by atoms with E-state index >= 15 is 0 Å². The molecule has 3 aromatic carbocycles. The lowest BCUT2D eigenvalue weighted by atomic mass is 9.89. The highest BCUT2D eigenvalue weighted by atomic mass is 15.2. The number of anilines is 2. The van der Waals surface area contributed by atoms with Crippen LogP contribution in [0, 0.1) is 0 Å². The van der Waals surface area contributed by atoms with Crippen LogP contribution in [0.25, 0.3) is 33.8 Å². The first-order chi connectivity index (χ1) is 18.9. The predicted molar refractivity (Wildman–Crippen MR) is 161 cm³/mol. The van der Waals surface area contributed by atoms with Gasteiger partial charge >= 0.3 is 0 Å². The van der Waals surface area contributed by atoms with E-state index in [1.165, 1.54) is 55.9 Å². The molecule has 8 rings (SSSR count). The molecule has 0 bridgehead atoms. The minimum atomic E-state index is 0.318. The van der Waals surface area contributed by atoms with Crippen molar-refractivity contribution in [3.8, 4) is 11.1 Å². The van der Waals surface area contributed by atoms with Crippen LogP contribution in [-0.4, -0.2) is 10.6 Å². The average molecular weight is 491 g/mol. The van der Waals surface area contributed by atoms with E-state index in [0.717, 1.165) is 25.7 Å². The normalized spacial score (nSPS) is 20.9. The summed E-state index contributed by atoms with van der Waals surface area (Å²) in [6.07, 6.45) is 25.3. The lowest BCUT2D eigenvalue weighted by Crippen LogP contribution is -2.28. The van der Waals surface area contributed by atoms with Gasteiger partial charge in [-0.15, -0.1) is 0 Å². The molecule has 0 saturated carbocycles. The molecule has 0 saturated heterocycles. The fourth-order valence-corrected chi connectivity index (χ4v) is 6.87. The molecule has 184 valence electrons. The van der Waals surface area contributed by atoms with Gasteiger partial charge in [-0.1, -0.05) is 78.9 Å². The van der Waals surface area contributed by atoms with Crippen molar-refractivity contribution >= 4 is 34.1 Å². The third kappa shape index (κ3) is 3.26. The van der Waals surface area contributed by atoms with Gasteiger partial charge in [0, 0.05) is 39.6 Å². The van der Waals surface area contributed by atoms with Crippen molar-refractivity contribution in [1.29, 1.82) is 0 Å². The van der Waals surface area contributed by atoms with Crippen molar-refractivity contribution in [3.05, 3.63) is 132 Å². The number of fused-ring (bicyclic) bond motifs is 6. The summed E-state index contributed by atoms with van der Waals surface area (Å²) >= 11 is 0. The summed E-state index contributed by atoms with van der Waals surface area (Å²) in [5, 5.41) is 1.36. The topological polar surface area (TPSA) is 8.17 Å². The van der Waals surface area contributed by atoms with Gasteiger partial charge in [0.1, 0.15) is 0 Å². The quantitative estimate of drug-likeness (QED) is 0.278. The van der Waals surface area contributed by atoms with E-state index in [0.29, 0.717) is 12.0 Å². The summed E-state index contributed by atoms with van der Waals surface area (Å²) in [7, 11) is 0. The molecule has 0 N–H and O–H groups in total. The van der Waals surface area contributed by atoms with Crippen molar-refractivity contribution in [1.82, 2.24) is 4.57 Å². The van der Waals surface area contributed by atoms with Crippen molar-refractivity contribution in [2.24, 2.45) is 0 Å². The Morgan fingerprint density at radius 1 is 0.737 bits per heavy atom. The molecule has 2 heterocycles. The third-order valence-electron chi connectivity index (χ3n) is 8.59. The largest absolute Gasteiger partial charge is 0.333 e. The maximum absolute atomic E-state index is 2.51. The molecule has 1 aromatic heterocycles. The minimum absolute atomic E-state index is 0.318. The van der Waals surface area contributed by atoms with Crippen LogP contribution in [-0.2, 0) is 6.42 Å². The highest BCUT2D eigenvalue weighted by Gasteiger charge is 2.37. The molecule has 3 aliphatic carbocycles. The molecule has 4 aliphatic rings. The molecule has 0 spiro atoms. The predicted octanol–water partition coefficient (Wildman–Crippen LogP) is 9.19. The van der Waals surface area contributed by atoms with Crippen LogP contribution in [0.3, 0.4) is 0 Å². The highest BCUT2D eigenvalue weighted by molar-refractivity contribution is 5.97. The van der Waals surface area contributed by atoms with Gasteiger partial charge in [-0.25, -0.2) is 0 Å². The zero-order valence-corrected chi connectivity index (χ0v) is 21.4. The second kappa shape index (κ2) is 8.63. The third-order valence-corrected chi connectivity index (χ3v) is 8.59. The monoisotopic (exact) mass is 490 g/mol. The Kier molecular flexibility index (Phi) is 4.94. The Labute approximate surface area is 224 Å². The Morgan fingerprint density at radius 3 is 2.47 bits per heavy atom. The average Bonchev–Trinajstić information content (AvgIpc) is 3.50. The molecular formula is C36H30N2. The summed E-state index contributed by atoms with van der Waals surface area (Å²) in [6.45, 7) is 0. The van der Waals surface area contributed by atoms with Crippen LogP contribution in [0.1, 0.15) is 42.0 Å². The minimum Gasteiger partial charge on any atom is -0.333 e. The van der Waals surface area contributed by atoms with Crippen molar-refractivity contribution < 1.29 is 0 Å². The molecular weight excluding hydrogens is 460 g/mol. The summed E-state index contributed by atoms with van der Waals surface area (Å²) < 4.78 is 2.51. The van der Waals surface area contributed by atoms with Crippen molar-refractivity contribution in [3.63, 3.8) is 0 Å². The number of nitrogens with zero attached hydrogens (tertiary/aromatic N) is 2. The first-order valence-corrected chi connectivity index (χ1v) is 13.9. The molecule has 4 aromatic rings. The van der Waals surface area contributed by atoms with Crippen LogP contribution in [0.2, 0.25) is 0 Å². The van der Waals surface area contributed by atoms with E-state index in [1.807, 2.05) is 0 Å². The number of aromatic nitrogens is 1. The van der Waals surface area contributed by atoms with Crippen LogP contribution >= 0.6 is 0 Å². The van der Waals surface area contributed by atoms with Crippen LogP contribution in [0.15, 0.2) is 115 Å². The van der Waals surface area contributed by atoms with Gasteiger partial charge in [-0.2, -0.15) is 0 Å². The summed E-state index contributed by atoms with van der Waals surface area (Å²) in [4.78, 5) is 2.50. The second-order valence-electron chi connectivity index (χ2n) is 10.7. The first kappa shape index (κ1) is 21.8. The van der Waals surface area contributed by atoms with Gasteiger partial charge in [-0.05, 0) is 84.8 Å². The van der Waals surface area contributed by atoms with Gasteiger partial charge in [0.25, 0.3) is 0 Å². The zero-order chi connectivity index (χ0) is 25.1. The molecule has 2 unspecified atom stereocenters. The second-order valence-corrected chi connectivity index (χ2v) is 10.7. The maximum atomic E-state index is 2.51. The fraction of sp³-hybridized carbons (Fsp3) is 0.167. The maximum Gasteiger partial charge on any atom is 0.0629 e. The Bertz CT molecular complexity index is 1720. The summed E-state index contributed by atoms with van der Waals surface area (Å²) in [6, 6.07) is 25.3. The number of rotatable bonds is 3. The molecule has 0 radical (unpaired) electrons. The van der Waals surface area contributed by atoms with E-state index in [1.54, 1.807) is 0 Å². The lowest BCUT2D eigenvalue weighted by molar-refractivity contribution is 0.745. The molecule has 2 atom stereocenters. The van der Waals surface area contributed by atoms with Crippen molar-refractivity contribution in [2.75, 3.05) is 4.90 Å². The molecule has 2 nitrogen and oxygen atoms in total. The van der Waals surface area contributed by atoms with E-state index in [-0.39, 0.29) is 0 Å². The number of allylic oxidation sites excluding steroid dienone is 7. The number of hydrogen-bond acceptors (Lipinski definition) is 1. The fourth-order valence-electron chi connectivity index (χ4n) is 6.87. The number of hydrogen-bond donors (Lipinski definition) is 0. The van der Waals surface area contributed by atoms with E-state index in [2.05, 4.69) is 131 Å². The Hall–Kier alpha value is -4.30. The van der Waals surface area contributed by atoms with Crippen LogP contribution in [0.5, 0.6) is 0 Å². The van der Waals surface area contributed by atoms with Crippen LogP contribution < -0.4 is 4.90 Å². The lowest BCUT2D eigenvalue weighted by Gasteiger charge is -2.28. The molecule has 38 heavy (non-hydrogen) atoms. The smallest absolute Gasteiger partial charge is 0.0629 e. The molecule has 0 fully saturated rings.